The number of aromatic nitrogens is 2. The van der Waals surface area contributed by atoms with E-state index in [9.17, 15) is 4.79 Å². The zero-order valence-electron chi connectivity index (χ0n) is 10.3. The second-order valence-corrected chi connectivity index (χ2v) is 4.62. The summed E-state index contributed by atoms with van der Waals surface area (Å²) in [4.78, 5) is 14.3. The van der Waals surface area contributed by atoms with E-state index in [1.54, 1.807) is 6.20 Å². The highest BCUT2D eigenvalue weighted by Gasteiger charge is 2.25. The van der Waals surface area contributed by atoms with Gasteiger partial charge in [0.1, 0.15) is 5.69 Å². The highest BCUT2D eigenvalue weighted by atomic mass is 16.2. The molecule has 4 nitrogen and oxygen atoms in total. The van der Waals surface area contributed by atoms with Crippen molar-refractivity contribution in [3.8, 4) is 0 Å². The molecule has 1 aromatic heterocycles. The minimum atomic E-state index is 0.0113. The van der Waals surface area contributed by atoms with Crippen LogP contribution in [0.3, 0.4) is 0 Å². The Morgan fingerprint density at radius 1 is 1.39 bits per heavy atom. The summed E-state index contributed by atoms with van der Waals surface area (Å²) < 4.78 is 0. The number of para-hydroxylation sites is 1. The predicted molar refractivity (Wildman–Crippen MR) is 69.8 cm³/mol. The van der Waals surface area contributed by atoms with Gasteiger partial charge in [-0.2, -0.15) is 5.10 Å². The molecular weight excluding hydrogens is 226 g/mol. The molecule has 3 rings (SSSR count). The molecule has 2 heterocycles. The molecule has 2 aromatic rings. The monoisotopic (exact) mass is 241 g/mol. The molecule has 0 saturated carbocycles. The van der Waals surface area contributed by atoms with Crippen molar-refractivity contribution in [1.29, 1.82) is 0 Å². The Bertz CT molecular complexity index is 588. The van der Waals surface area contributed by atoms with E-state index in [1.165, 1.54) is 5.56 Å². The van der Waals surface area contributed by atoms with E-state index in [0.717, 1.165) is 30.6 Å². The highest BCUT2D eigenvalue weighted by molar-refractivity contribution is 6.06. The van der Waals surface area contributed by atoms with Gasteiger partial charge in [-0.05, 0) is 37.0 Å². The van der Waals surface area contributed by atoms with Gasteiger partial charge in [-0.25, -0.2) is 0 Å². The summed E-state index contributed by atoms with van der Waals surface area (Å²) in [5.74, 6) is 0.0113. The lowest BCUT2D eigenvalue weighted by Gasteiger charge is -2.29. The lowest BCUT2D eigenvalue weighted by Crippen LogP contribution is -2.36. The number of aromatic amines is 1. The van der Waals surface area contributed by atoms with Gasteiger partial charge in [0.15, 0.2) is 0 Å². The first-order valence-corrected chi connectivity index (χ1v) is 6.17. The fourth-order valence-electron chi connectivity index (χ4n) is 2.44. The van der Waals surface area contributed by atoms with Crippen LogP contribution >= 0.6 is 0 Å². The summed E-state index contributed by atoms with van der Waals surface area (Å²) >= 11 is 0. The quantitative estimate of drug-likeness (QED) is 0.833. The molecule has 1 amide bonds. The van der Waals surface area contributed by atoms with Crippen LogP contribution in [-0.2, 0) is 6.42 Å². The average molecular weight is 241 g/mol. The summed E-state index contributed by atoms with van der Waals surface area (Å²) in [6.07, 6.45) is 3.74. The lowest BCUT2D eigenvalue weighted by molar-refractivity contribution is 0.0979. The predicted octanol–water partition coefficient (Wildman–Crippen LogP) is 2.31. The summed E-state index contributed by atoms with van der Waals surface area (Å²) in [6.45, 7) is 2.67. The van der Waals surface area contributed by atoms with E-state index < -0.39 is 0 Å². The standard InChI is InChI=1S/C14H15N3O/c1-10-9-15-16-13(10)14(18)17-8-4-6-11-5-2-3-7-12(11)17/h2-3,5,7,9H,4,6,8H2,1H3,(H,15,16). The van der Waals surface area contributed by atoms with Gasteiger partial charge in [0.25, 0.3) is 5.91 Å². The molecule has 0 spiro atoms. The van der Waals surface area contributed by atoms with Gasteiger partial charge in [-0.15, -0.1) is 0 Å². The molecule has 4 heteroatoms. The zero-order valence-corrected chi connectivity index (χ0v) is 10.3. The third-order valence-electron chi connectivity index (χ3n) is 3.40. The molecule has 0 atom stereocenters. The number of anilines is 1. The van der Waals surface area contributed by atoms with Crippen LogP contribution in [0.5, 0.6) is 0 Å². The number of benzene rings is 1. The Morgan fingerprint density at radius 2 is 2.22 bits per heavy atom. The number of nitrogens with zero attached hydrogens (tertiary/aromatic N) is 2. The maximum atomic E-state index is 12.5. The van der Waals surface area contributed by atoms with Gasteiger partial charge in [-0.1, -0.05) is 18.2 Å². The molecule has 1 aliphatic rings. The number of aryl methyl sites for hydroxylation is 2. The fourth-order valence-corrected chi connectivity index (χ4v) is 2.44. The molecule has 1 aliphatic heterocycles. The van der Waals surface area contributed by atoms with Gasteiger partial charge < -0.3 is 4.90 Å². The van der Waals surface area contributed by atoms with Crippen molar-refractivity contribution < 1.29 is 4.79 Å². The van der Waals surface area contributed by atoms with Crippen LogP contribution in [0.1, 0.15) is 28.0 Å². The number of hydrogen-bond acceptors (Lipinski definition) is 2. The van der Waals surface area contributed by atoms with Gasteiger partial charge in [0.2, 0.25) is 0 Å². The summed E-state index contributed by atoms with van der Waals surface area (Å²) in [5.41, 5.74) is 3.76. The number of fused-ring (bicyclic) bond motifs is 1. The van der Waals surface area contributed by atoms with Crippen LogP contribution < -0.4 is 4.90 Å². The average Bonchev–Trinajstić information content (AvgIpc) is 2.83. The van der Waals surface area contributed by atoms with Crippen molar-refractivity contribution in [2.24, 2.45) is 0 Å². The number of H-pyrrole nitrogens is 1. The molecule has 1 N–H and O–H groups in total. The number of carbonyl (C=O) groups is 1. The van der Waals surface area contributed by atoms with Crippen LogP contribution in [-0.4, -0.2) is 22.6 Å². The Labute approximate surface area is 106 Å². The second kappa shape index (κ2) is 4.29. The third-order valence-corrected chi connectivity index (χ3v) is 3.40. The van der Waals surface area contributed by atoms with E-state index in [-0.39, 0.29) is 5.91 Å². The van der Waals surface area contributed by atoms with E-state index in [1.807, 2.05) is 30.0 Å². The first kappa shape index (κ1) is 11.0. The van der Waals surface area contributed by atoms with Crippen molar-refractivity contribution in [2.45, 2.75) is 19.8 Å². The van der Waals surface area contributed by atoms with Crippen molar-refractivity contribution >= 4 is 11.6 Å². The lowest BCUT2D eigenvalue weighted by atomic mass is 10.0. The van der Waals surface area contributed by atoms with E-state index >= 15 is 0 Å². The zero-order chi connectivity index (χ0) is 12.5. The number of hydrogen-bond donors (Lipinski definition) is 1. The van der Waals surface area contributed by atoms with Crippen molar-refractivity contribution in [3.05, 3.63) is 47.3 Å². The molecular formula is C14H15N3O. The highest BCUT2D eigenvalue weighted by Crippen LogP contribution is 2.28. The van der Waals surface area contributed by atoms with Crippen LogP contribution in [0.4, 0.5) is 5.69 Å². The SMILES string of the molecule is Cc1cn[nH]c1C(=O)N1CCCc2ccccc21. The van der Waals surface area contributed by atoms with Gasteiger partial charge in [-0.3, -0.25) is 9.89 Å². The van der Waals surface area contributed by atoms with Gasteiger partial charge in [0, 0.05) is 12.2 Å². The molecule has 0 fully saturated rings. The minimum absolute atomic E-state index is 0.0113. The Morgan fingerprint density at radius 3 is 3.00 bits per heavy atom. The second-order valence-electron chi connectivity index (χ2n) is 4.62. The molecule has 1 aromatic carbocycles. The van der Waals surface area contributed by atoms with E-state index in [2.05, 4.69) is 16.3 Å². The van der Waals surface area contributed by atoms with E-state index in [0.29, 0.717) is 5.69 Å². The Kier molecular flexibility index (Phi) is 2.63. The minimum Gasteiger partial charge on any atom is -0.307 e. The smallest absolute Gasteiger partial charge is 0.276 e. The summed E-state index contributed by atoms with van der Waals surface area (Å²) in [5, 5.41) is 6.71. The maximum Gasteiger partial charge on any atom is 0.276 e. The third kappa shape index (κ3) is 1.70. The largest absolute Gasteiger partial charge is 0.307 e. The van der Waals surface area contributed by atoms with Crippen LogP contribution in [0.2, 0.25) is 0 Å². The molecule has 18 heavy (non-hydrogen) atoms. The number of carbonyl (C=O) groups excluding carboxylic acids is 1. The number of nitrogens with one attached hydrogen (secondary N) is 1. The molecule has 92 valence electrons. The van der Waals surface area contributed by atoms with E-state index in [4.69, 9.17) is 0 Å². The molecule has 0 saturated heterocycles. The van der Waals surface area contributed by atoms with Crippen LogP contribution in [0.25, 0.3) is 0 Å². The van der Waals surface area contributed by atoms with Crippen molar-refractivity contribution in [2.75, 3.05) is 11.4 Å². The van der Waals surface area contributed by atoms with Crippen molar-refractivity contribution in [1.82, 2.24) is 10.2 Å². The molecule has 0 unspecified atom stereocenters. The summed E-state index contributed by atoms with van der Waals surface area (Å²) in [6, 6.07) is 8.10. The molecule has 0 radical (unpaired) electrons. The van der Waals surface area contributed by atoms with Gasteiger partial charge >= 0.3 is 0 Å². The number of rotatable bonds is 1. The fraction of sp³-hybridized carbons (Fsp3) is 0.286. The molecule has 0 bridgehead atoms. The van der Waals surface area contributed by atoms with Crippen molar-refractivity contribution in [3.63, 3.8) is 0 Å². The van der Waals surface area contributed by atoms with Gasteiger partial charge in [0.05, 0.1) is 6.20 Å². The first-order valence-electron chi connectivity index (χ1n) is 6.17. The molecule has 0 aliphatic carbocycles. The maximum absolute atomic E-state index is 12.5. The van der Waals surface area contributed by atoms with Crippen LogP contribution in [0, 0.1) is 6.92 Å². The topological polar surface area (TPSA) is 49.0 Å². The van der Waals surface area contributed by atoms with Crippen LogP contribution in [0.15, 0.2) is 30.5 Å². The first-order chi connectivity index (χ1) is 8.77. The number of amides is 1. The Balaban J connectivity index is 2.00. The Hall–Kier alpha value is -2.10. The normalized spacial score (nSPS) is 14.4. The summed E-state index contributed by atoms with van der Waals surface area (Å²) in [7, 11) is 0.